The van der Waals surface area contributed by atoms with E-state index >= 15 is 0 Å². The van der Waals surface area contributed by atoms with Crippen LogP contribution < -0.4 is 33.2 Å². The summed E-state index contributed by atoms with van der Waals surface area (Å²) in [7, 11) is 0. The second kappa shape index (κ2) is 14.0. The maximum absolute atomic E-state index is 12.6. The fourth-order valence-electron chi connectivity index (χ4n) is 2.43. The van der Waals surface area contributed by atoms with E-state index in [2.05, 4.69) is 5.32 Å². The summed E-state index contributed by atoms with van der Waals surface area (Å²) in [6.07, 6.45) is -3.46. The topological polar surface area (TPSA) is 311 Å². The van der Waals surface area contributed by atoms with Gasteiger partial charge in [0.05, 0.1) is 25.3 Å². The fraction of sp³-hybridized carbons (Fsp3) is 0.529. The zero-order valence-corrected chi connectivity index (χ0v) is 17.7. The maximum atomic E-state index is 12.6. The lowest BCUT2D eigenvalue weighted by Gasteiger charge is -2.23. The van der Waals surface area contributed by atoms with Crippen molar-refractivity contribution in [1.29, 1.82) is 0 Å². The van der Waals surface area contributed by atoms with Crippen LogP contribution in [-0.4, -0.2) is 86.9 Å². The van der Waals surface area contributed by atoms with Crippen LogP contribution in [0.15, 0.2) is 0 Å². The fourth-order valence-corrected chi connectivity index (χ4v) is 2.43. The Morgan fingerprint density at radius 2 is 1.03 bits per heavy atom. The van der Waals surface area contributed by atoms with Gasteiger partial charge in [0.1, 0.15) is 18.1 Å². The maximum Gasteiger partial charge on any atom is 0.326 e. The van der Waals surface area contributed by atoms with Gasteiger partial charge in [-0.05, 0) is 6.42 Å². The molecule has 0 aromatic heterocycles. The Hall–Kier alpha value is -4.28. The lowest BCUT2D eigenvalue weighted by molar-refractivity contribution is -0.145. The normalized spacial score (nSPS) is 13.9. The van der Waals surface area contributed by atoms with Crippen LogP contribution in [0.4, 0.5) is 0 Å². The lowest BCUT2D eigenvalue weighted by Crippen LogP contribution is -2.58. The first-order chi connectivity index (χ1) is 15.6. The number of carboxylic acid groups (broad SMARTS) is 3. The van der Waals surface area contributed by atoms with Crippen molar-refractivity contribution in [2.24, 2.45) is 17.2 Å². The summed E-state index contributed by atoms with van der Waals surface area (Å²) in [4.78, 5) is 92.2. The predicted molar refractivity (Wildman–Crippen MR) is 108 cm³/mol. The van der Waals surface area contributed by atoms with Gasteiger partial charge in [0.25, 0.3) is 0 Å². The zero-order chi connectivity index (χ0) is 26.6. The zero-order valence-electron chi connectivity index (χ0n) is 17.7. The third-order valence-electron chi connectivity index (χ3n) is 4.08. The van der Waals surface area contributed by atoms with Gasteiger partial charge in [0.15, 0.2) is 0 Å². The molecule has 0 fully saturated rings. The van der Waals surface area contributed by atoms with Crippen LogP contribution in [0.5, 0.6) is 0 Å². The Labute approximate surface area is 191 Å². The molecule has 34 heavy (non-hydrogen) atoms. The summed E-state index contributed by atoms with van der Waals surface area (Å²) in [6.45, 7) is 0. The minimum absolute atomic E-state index is 0.313. The summed E-state index contributed by atoms with van der Waals surface area (Å²) in [5.74, 6) is -10.3. The number of nitrogens with two attached hydrogens (primary N) is 3. The monoisotopic (exact) mass is 490 g/mol. The molecule has 0 aromatic carbocycles. The van der Waals surface area contributed by atoms with Crippen LogP contribution in [0.3, 0.4) is 0 Å². The third-order valence-corrected chi connectivity index (χ3v) is 4.08. The molecular weight excluding hydrogens is 464 g/mol. The Morgan fingerprint density at radius 3 is 1.44 bits per heavy atom. The van der Waals surface area contributed by atoms with Gasteiger partial charge in [0.2, 0.25) is 29.5 Å². The summed E-state index contributed by atoms with van der Waals surface area (Å²) in [5.41, 5.74) is 15.5. The molecule has 4 atom stereocenters. The molecule has 12 N–H and O–H groups in total. The predicted octanol–water partition coefficient (Wildman–Crippen LogP) is -5.06. The van der Waals surface area contributed by atoms with Crippen molar-refractivity contribution in [3.8, 4) is 0 Å². The highest BCUT2D eigenvalue weighted by molar-refractivity contribution is 5.97. The van der Waals surface area contributed by atoms with Gasteiger partial charge in [-0.25, -0.2) is 4.79 Å². The summed E-state index contributed by atoms with van der Waals surface area (Å²) in [5, 5.41) is 32.6. The highest BCUT2D eigenvalue weighted by Crippen LogP contribution is 2.02. The summed E-state index contributed by atoms with van der Waals surface area (Å²) >= 11 is 0. The number of hydrogen-bond donors (Lipinski definition) is 9. The van der Waals surface area contributed by atoms with Gasteiger partial charge < -0.3 is 48.5 Å². The summed E-state index contributed by atoms with van der Waals surface area (Å²) in [6, 6.07) is -6.84. The van der Waals surface area contributed by atoms with Crippen LogP contribution in [0.2, 0.25) is 0 Å². The molecule has 0 saturated heterocycles. The van der Waals surface area contributed by atoms with Crippen molar-refractivity contribution in [3.05, 3.63) is 0 Å². The molecule has 0 aliphatic rings. The second-order valence-corrected chi connectivity index (χ2v) is 7.00. The number of aliphatic carboxylic acids is 3. The van der Waals surface area contributed by atoms with Crippen molar-refractivity contribution in [2.75, 3.05) is 0 Å². The van der Waals surface area contributed by atoms with Gasteiger partial charge in [0, 0.05) is 6.42 Å². The van der Waals surface area contributed by atoms with E-state index in [1.54, 1.807) is 0 Å². The molecule has 4 unspecified atom stereocenters. The number of nitrogens with one attached hydrogen (secondary N) is 3. The molecule has 17 heteroatoms. The van der Waals surface area contributed by atoms with Gasteiger partial charge in [-0.1, -0.05) is 0 Å². The number of amides is 5. The average Bonchev–Trinajstić information content (AvgIpc) is 2.68. The van der Waals surface area contributed by atoms with Gasteiger partial charge in [-0.2, -0.15) is 0 Å². The van der Waals surface area contributed by atoms with Crippen LogP contribution in [0.1, 0.15) is 32.1 Å². The Morgan fingerprint density at radius 1 is 0.618 bits per heavy atom. The first-order valence-corrected chi connectivity index (χ1v) is 9.53. The van der Waals surface area contributed by atoms with E-state index in [1.807, 2.05) is 10.6 Å². The third kappa shape index (κ3) is 11.9. The molecule has 0 rings (SSSR count). The lowest BCUT2D eigenvalue weighted by atomic mass is 10.1. The molecule has 0 saturated carbocycles. The molecule has 0 spiro atoms. The van der Waals surface area contributed by atoms with Gasteiger partial charge in [-0.15, -0.1) is 0 Å². The second-order valence-electron chi connectivity index (χ2n) is 7.00. The molecule has 0 aromatic rings. The van der Waals surface area contributed by atoms with E-state index in [4.69, 9.17) is 32.5 Å². The molecule has 5 amide bonds. The number of carboxylic acids is 3. The summed E-state index contributed by atoms with van der Waals surface area (Å²) < 4.78 is 0. The van der Waals surface area contributed by atoms with E-state index in [-0.39, 0.29) is 6.42 Å². The quantitative estimate of drug-likeness (QED) is 0.0981. The number of hydrogen-bond acceptors (Lipinski definition) is 9. The van der Waals surface area contributed by atoms with Crippen molar-refractivity contribution >= 4 is 47.4 Å². The van der Waals surface area contributed by atoms with Gasteiger partial charge in [-0.3, -0.25) is 33.6 Å². The molecule has 0 radical (unpaired) electrons. The Kier molecular flexibility index (Phi) is 12.2. The highest BCUT2D eigenvalue weighted by atomic mass is 16.4. The number of carbonyl (C=O) groups excluding carboxylic acids is 5. The smallest absolute Gasteiger partial charge is 0.326 e. The first kappa shape index (κ1) is 29.7. The van der Waals surface area contributed by atoms with Crippen molar-refractivity contribution < 1.29 is 53.7 Å². The van der Waals surface area contributed by atoms with Gasteiger partial charge >= 0.3 is 17.9 Å². The van der Waals surface area contributed by atoms with E-state index in [1.165, 1.54) is 0 Å². The Balaban J connectivity index is 5.54. The average molecular weight is 490 g/mol. The number of primary amides is 2. The molecule has 190 valence electrons. The SMILES string of the molecule is NC(=O)CC(NC(=O)C(CC(=O)O)NC(=O)C(CC(N)=O)NC(=O)C(N)CCC(=O)O)C(=O)O. The van der Waals surface area contributed by atoms with Crippen molar-refractivity contribution in [2.45, 2.75) is 56.3 Å². The highest BCUT2D eigenvalue weighted by Gasteiger charge is 2.32. The Bertz CT molecular complexity index is 846. The number of carbonyl (C=O) groups is 8. The van der Waals surface area contributed by atoms with E-state index < -0.39 is 97.3 Å². The largest absolute Gasteiger partial charge is 0.481 e. The minimum atomic E-state index is -1.90. The van der Waals surface area contributed by atoms with Crippen LogP contribution in [-0.2, 0) is 38.4 Å². The van der Waals surface area contributed by atoms with Crippen LogP contribution >= 0.6 is 0 Å². The molecular formula is C17H26N6O11. The molecule has 0 bridgehead atoms. The number of rotatable bonds is 16. The van der Waals surface area contributed by atoms with E-state index in [9.17, 15) is 38.4 Å². The minimum Gasteiger partial charge on any atom is -0.481 e. The molecule has 0 aliphatic carbocycles. The van der Waals surface area contributed by atoms with Crippen molar-refractivity contribution in [3.63, 3.8) is 0 Å². The molecule has 0 aliphatic heterocycles. The van der Waals surface area contributed by atoms with E-state index in [0.717, 1.165) is 0 Å². The van der Waals surface area contributed by atoms with Crippen LogP contribution in [0.25, 0.3) is 0 Å². The van der Waals surface area contributed by atoms with Crippen LogP contribution in [0, 0.1) is 0 Å². The first-order valence-electron chi connectivity index (χ1n) is 9.53. The van der Waals surface area contributed by atoms with Crippen molar-refractivity contribution in [1.82, 2.24) is 16.0 Å². The molecule has 17 nitrogen and oxygen atoms in total. The van der Waals surface area contributed by atoms with E-state index in [0.29, 0.717) is 0 Å². The standard InChI is InChI=1S/C17H26N6O11/c18-6(1-2-12(26)27)14(30)21-7(3-10(19)24)15(31)22-8(5-13(28)29)16(32)23-9(17(33)34)4-11(20)25/h6-9H,1-5,18H2,(H2,19,24)(H2,20,25)(H,21,30)(H,22,31)(H,23,32)(H,26,27)(H,28,29)(H,33,34). The molecule has 0 heterocycles.